The van der Waals surface area contributed by atoms with Crippen molar-refractivity contribution in [3.63, 3.8) is 0 Å². The van der Waals surface area contributed by atoms with Crippen molar-refractivity contribution in [1.82, 2.24) is 0 Å². The Balaban J connectivity index is 2.28. The molecule has 134 valence electrons. The Kier molecular flexibility index (Phi) is 5.12. The van der Waals surface area contributed by atoms with E-state index in [4.69, 9.17) is 4.42 Å². The topological polar surface area (TPSA) is 127 Å². The van der Waals surface area contributed by atoms with Crippen molar-refractivity contribution >= 4 is 28.5 Å². The SMILES string of the molecule is [NH3+][C@@H](CCC(=O)[O-])C(=O)Nc1ccc2c(C(F)(F)F)cc(=O)oc2c1. The van der Waals surface area contributed by atoms with Crippen LogP contribution in [-0.4, -0.2) is 17.9 Å². The van der Waals surface area contributed by atoms with Crippen LogP contribution in [0.25, 0.3) is 11.0 Å². The summed E-state index contributed by atoms with van der Waals surface area (Å²) in [6, 6.07) is 2.81. The van der Waals surface area contributed by atoms with Gasteiger partial charge in [-0.1, -0.05) is 0 Å². The molecule has 1 aromatic carbocycles. The van der Waals surface area contributed by atoms with Crippen LogP contribution in [0.5, 0.6) is 0 Å². The number of carbonyl (C=O) groups is 2. The normalized spacial score (nSPS) is 12.8. The van der Waals surface area contributed by atoms with Gasteiger partial charge in [-0.2, -0.15) is 13.2 Å². The lowest BCUT2D eigenvalue weighted by atomic mass is 10.1. The van der Waals surface area contributed by atoms with Crippen LogP contribution < -0.4 is 21.8 Å². The van der Waals surface area contributed by atoms with E-state index in [1.807, 2.05) is 0 Å². The van der Waals surface area contributed by atoms with Crippen molar-refractivity contribution in [2.24, 2.45) is 0 Å². The number of benzene rings is 1. The highest BCUT2D eigenvalue weighted by Gasteiger charge is 2.33. The van der Waals surface area contributed by atoms with Crippen molar-refractivity contribution in [3.05, 3.63) is 40.2 Å². The first-order valence-electron chi connectivity index (χ1n) is 7.07. The van der Waals surface area contributed by atoms with E-state index in [9.17, 15) is 32.7 Å². The molecule has 0 saturated heterocycles. The molecule has 10 heteroatoms. The van der Waals surface area contributed by atoms with Gasteiger partial charge in [0.25, 0.3) is 5.91 Å². The lowest BCUT2D eigenvalue weighted by Crippen LogP contribution is -2.66. The number of aliphatic carboxylic acids is 1. The molecule has 0 spiro atoms. The monoisotopic (exact) mass is 358 g/mol. The molecule has 7 nitrogen and oxygen atoms in total. The molecule has 0 aliphatic rings. The lowest BCUT2D eigenvalue weighted by Gasteiger charge is -2.12. The van der Waals surface area contributed by atoms with Gasteiger partial charge in [0.1, 0.15) is 5.58 Å². The smallest absolute Gasteiger partial charge is 0.417 e. The van der Waals surface area contributed by atoms with Gasteiger partial charge in [0.15, 0.2) is 6.04 Å². The minimum Gasteiger partial charge on any atom is -0.550 e. The molecule has 1 amide bonds. The molecule has 2 aromatic rings. The molecule has 0 aliphatic heterocycles. The van der Waals surface area contributed by atoms with Crippen LogP contribution in [0.15, 0.2) is 33.5 Å². The van der Waals surface area contributed by atoms with Crippen molar-refractivity contribution in [1.29, 1.82) is 0 Å². The van der Waals surface area contributed by atoms with E-state index in [2.05, 4.69) is 11.1 Å². The lowest BCUT2D eigenvalue weighted by molar-refractivity contribution is -0.404. The van der Waals surface area contributed by atoms with Crippen LogP contribution in [0, 0.1) is 0 Å². The standard InChI is InChI=1S/C15H13F3N2O5/c16-15(17,18)9-6-13(23)25-11-5-7(1-2-8(9)11)20-14(24)10(19)3-4-12(21)22/h1-2,5-6,10H,3-4,19H2,(H,20,24)(H,21,22)/t10-/m0/s1. The van der Waals surface area contributed by atoms with E-state index in [0.29, 0.717) is 6.07 Å². The van der Waals surface area contributed by atoms with Gasteiger partial charge in [-0.15, -0.1) is 0 Å². The van der Waals surface area contributed by atoms with Gasteiger partial charge in [-0.3, -0.25) is 4.79 Å². The number of carboxylic acids is 1. The molecule has 1 atom stereocenters. The third-order valence-corrected chi connectivity index (χ3v) is 3.39. The zero-order valence-corrected chi connectivity index (χ0v) is 12.7. The Morgan fingerprint density at radius 1 is 1.28 bits per heavy atom. The largest absolute Gasteiger partial charge is 0.550 e. The predicted molar refractivity (Wildman–Crippen MR) is 77.0 cm³/mol. The second-order valence-electron chi connectivity index (χ2n) is 5.28. The zero-order valence-electron chi connectivity index (χ0n) is 12.7. The highest BCUT2D eigenvalue weighted by atomic mass is 19.4. The molecule has 0 unspecified atom stereocenters. The number of carbonyl (C=O) groups excluding carboxylic acids is 2. The number of hydrogen-bond acceptors (Lipinski definition) is 5. The maximum Gasteiger partial charge on any atom is 0.417 e. The fourth-order valence-electron chi connectivity index (χ4n) is 2.14. The Morgan fingerprint density at radius 3 is 2.56 bits per heavy atom. The van der Waals surface area contributed by atoms with E-state index in [1.165, 1.54) is 6.07 Å². The third kappa shape index (κ3) is 4.57. The number of halogens is 3. The first kappa shape index (κ1) is 18.5. The third-order valence-electron chi connectivity index (χ3n) is 3.39. The van der Waals surface area contributed by atoms with E-state index < -0.39 is 35.3 Å². The van der Waals surface area contributed by atoms with Crippen molar-refractivity contribution in [3.8, 4) is 0 Å². The maximum absolute atomic E-state index is 13.0. The summed E-state index contributed by atoms with van der Waals surface area (Å²) in [6.45, 7) is 0. The first-order valence-corrected chi connectivity index (χ1v) is 7.07. The summed E-state index contributed by atoms with van der Waals surface area (Å²) < 4.78 is 43.6. The van der Waals surface area contributed by atoms with Crippen molar-refractivity contribution in [2.45, 2.75) is 25.1 Å². The number of alkyl halides is 3. The second kappa shape index (κ2) is 6.93. The number of anilines is 1. The molecular formula is C15H13F3N2O5. The Morgan fingerprint density at radius 2 is 1.96 bits per heavy atom. The predicted octanol–water partition coefficient (Wildman–Crippen LogP) is -0.109. The Hall–Kier alpha value is -2.88. The van der Waals surface area contributed by atoms with Crippen LogP contribution >= 0.6 is 0 Å². The minimum absolute atomic E-state index is 0.0605. The minimum atomic E-state index is -4.73. The van der Waals surface area contributed by atoms with Gasteiger partial charge >= 0.3 is 11.8 Å². The van der Waals surface area contributed by atoms with Crippen LogP contribution in [0.4, 0.5) is 18.9 Å². The molecule has 25 heavy (non-hydrogen) atoms. The number of rotatable bonds is 5. The maximum atomic E-state index is 13.0. The highest BCUT2D eigenvalue weighted by Crippen LogP contribution is 2.34. The van der Waals surface area contributed by atoms with Gasteiger partial charge in [0.2, 0.25) is 0 Å². The molecule has 2 rings (SSSR count). The van der Waals surface area contributed by atoms with Gasteiger partial charge in [-0.05, 0) is 18.6 Å². The molecule has 0 radical (unpaired) electrons. The summed E-state index contributed by atoms with van der Waals surface area (Å²) in [6.07, 6.45) is -5.15. The van der Waals surface area contributed by atoms with Crippen molar-refractivity contribution < 1.29 is 38.0 Å². The summed E-state index contributed by atoms with van der Waals surface area (Å²) in [5, 5.41) is 12.4. The van der Waals surface area contributed by atoms with E-state index >= 15 is 0 Å². The molecule has 0 aliphatic carbocycles. The number of nitrogens with one attached hydrogen (secondary N) is 1. The zero-order chi connectivity index (χ0) is 18.8. The van der Waals surface area contributed by atoms with Gasteiger partial charge in [0.05, 0.1) is 5.56 Å². The molecule has 0 fully saturated rings. The van der Waals surface area contributed by atoms with Crippen LogP contribution in [0.1, 0.15) is 18.4 Å². The number of fused-ring (bicyclic) bond motifs is 1. The molecule has 4 N–H and O–H groups in total. The fraction of sp³-hybridized carbons (Fsp3) is 0.267. The van der Waals surface area contributed by atoms with Crippen molar-refractivity contribution in [2.75, 3.05) is 5.32 Å². The fourth-order valence-corrected chi connectivity index (χ4v) is 2.14. The van der Waals surface area contributed by atoms with Gasteiger partial charge in [0, 0.05) is 35.6 Å². The number of quaternary nitrogens is 1. The second-order valence-corrected chi connectivity index (χ2v) is 5.28. The van der Waals surface area contributed by atoms with E-state index in [-0.39, 0.29) is 29.5 Å². The number of carboxylic acid groups (broad SMARTS) is 1. The average Bonchev–Trinajstić information content (AvgIpc) is 2.50. The Bertz CT molecular complexity index is 876. The molecule has 1 heterocycles. The quantitative estimate of drug-likeness (QED) is 0.721. The molecule has 0 saturated carbocycles. The van der Waals surface area contributed by atoms with E-state index in [1.54, 1.807) is 0 Å². The summed E-state index contributed by atoms with van der Waals surface area (Å²) >= 11 is 0. The molecular weight excluding hydrogens is 345 g/mol. The number of amides is 1. The molecule has 0 bridgehead atoms. The summed E-state index contributed by atoms with van der Waals surface area (Å²) in [4.78, 5) is 33.6. The van der Waals surface area contributed by atoms with Crippen LogP contribution in [0.3, 0.4) is 0 Å². The Labute approximate surface area is 138 Å². The summed E-state index contributed by atoms with van der Waals surface area (Å²) in [5.41, 5.74) is 0.937. The summed E-state index contributed by atoms with van der Waals surface area (Å²) in [7, 11) is 0. The number of hydrogen-bond donors (Lipinski definition) is 2. The first-order chi connectivity index (χ1) is 11.6. The van der Waals surface area contributed by atoms with Gasteiger partial charge < -0.3 is 25.4 Å². The molecule has 1 aromatic heterocycles. The highest BCUT2D eigenvalue weighted by molar-refractivity contribution is 5.96. The average molecular weight is 358 g/mol. The van der Waals surface area contributed by atoms with Crippen LogP contribution in [0.2, 0.25) is 0 Å². The van der Waals surface area contributed by atoms with Crippen LogP contribution in [-0.2, 0) is 15.8 Å². The summed E-state index contributed by atoms with van der Waals surface area (Å²) in [5.74, 6) is -1.96. The van der Waals surface area contributed by atoms with Gasteiger partial charge in [-0.25, -0.2) is 4.79 Å². The van der Waals surface area contributed by atoms with E-state index in [0.717, 1.165) is 12.1 Å².